The van der Waals surface area contributed by atoms with Crippen molar-refractivity contribution in [3.8, 4) is 0 Å². The second-order valence-corrected chi connectivity index (χ2v) is 6.40. The average Bonchev–Trinajstić information content (AvgIpc) is 2.99. The number of nitrogens with one attached hydrogen (secondary N) is 1. The predicted octanol–water partition coefficient (Wildman–Crippen LogP) is 3.07. The molecule has 0 spiro atoms. The minimum atomic E-state index is -0.134. The summed E-state index contributed by atoms with van der Waals surface area (Å²) in [5.41, 5.74) is 4.27. The van der Waals surface area contributed by atoms with E-state index in [4.69, 9.17) is 11.6 Å². The molecule has 1 atom stereocenters. The summed E-state index contributed by atoms with van der Waals surface area (Å²) in [5, 5.41) is 0.372. The van der Waals surface area contributed by atoms with E-state index in [9.17, 15) is 4.79 Å². The fourth-order valence-electron chi connectivity index (χ4n) is 3.25. The number of H-pyrrole nitrogens is 1. The van der Waals surface area contributed by atoms with Gasteiger partial charge in [0.25, 0.3) is 5.91 Å². The highest BCUT2D eigenvalue weighted by atomic mass is 35.5. The highest BCUT2D eigenvalue weighted by molar-refractivity contribution is 6.29. The maximum Gasteiger partial charge on any atom is 0.290 e. The zero-order chi connectivity index (χ0) is 16.8. The summed E-state index contributed by atoms with van der Waals surface area (Å²) in [6, 6.07) is 5.64. The number of halogens is 1. The van der Waals surface area contributed by atoms with Crippen molar-refractivity contribution in [2.75, 3.05) is 6.54 Å². The third-order valence-electron chi connectivity index (χ3n) is 4.52. The Morgan fingerprint density at radius 1 is 1.42 bits per heavy atom. The number of aromatic amines is 1. The molecule has 3 aromatic rings. The van der Waals surface area contributed by atoms with Crippen LogP contribution in [0.25, 0.3) is 11.2 Å². The zero-order valence-electron chi connectivity index (χ0n) is 13.4. The SMILES string of the molecule is Cc1cc(Cl)nc2nc(C(=O)N3CCc4ncccc4[C@H]3C)[nH]c12. The van der Waals surface area contributed by atoms with Crippen LogP contribution in [0.3, 0.4) is 0 Å². The Hall–Kier alpha value is -2.47. The lowest BCUT2D eigenvalue weighted by molar-refractivity contribution is 0.0665. The molecule has 1 amide bonds. The van der Waals surface area contributed by atoms with E-state index in [0.29, 0.717) is 23.2 Å². The fraction of sp³-hybridized carbons (Fsp3) is 0.294. The van der Waals surface area contributed by atoms with E-state index in [-0.39, 0.29) is 11.9 Å². The molecular formula is C17H16ClN5O. The lowest BCUT2D eigenvalue weighted by Crippen LogP contribution is -2.39. The molecule has 7 heteroatoms. The van der Waals surface area contributed by atoms with Crippen LogP contribution >= 0.6 is 11.6 Å². The minimum Gasteiger partial charge on any atom is -0.332 e. The standard InChI is InChI=1S/C17H16ClN5O/c1-9-8-13(18)20-15-14(9)21-16(22-15)17(24)23-7-5-12-11(10(23)2)4-3-6-19-12/h3-4,6,8,10H,5,7H2,1-2H3,(H,20,21,22)/t10-/m1/s1. The Kier molecular flexibility index (Phi) is 3.49. The molecule has 0 aromatic carbocycles. The normalized spacial score (nSPS) is 17.1. The van der Waals surface area contributed by atoms with Crippen LogP contribution < -0.4 is 0 Å². The van der Waals surface area contributed by atoms with Crippen molar-refractivity contribution in [1.29, 1.82) is 0 Å². The molecule has 122 valence electrons. The van der Waals surface area contributed by atoms with Gasteiger partial charge in [-0.3, -0.25) is 9.78 Å². The summed E-state index contributed by atoms with van der Waals surface area (Å²) in [6.45, 7) is 4.54. The van der Waals surface area contributed by atoms with Gasteiger partial charge in [0.1, 0.15) is 5.15 Å². The Balaban J connectivity index is 1.71. The summed E-state index contributed by atoms with van der Waals surface area (Å²) in [5.74, 6) is 0.160. The summed E-state index contributed by atoms with van der Waals surface area (Å²) in [4.78, 5) is 30.8. The molecule has 0 aliphatic carbocycles. The number of fused-ring (bicyclic) bond motifs is 2. The Labute approximate surface area is 143 Å². The first-order valence-electron chi connectivity index (χ1n) is 7.82. The number of carbonyl (C=O) groups excluding carboxylic acids is 1. The smallest absolute Gasteiger partial charge is 0.290 e. The molecule has 0 bridgehead atoms. The van der Waals surface area contributed by atoms with Gasteiger partial charge in [-0.05, 0) is 37.1 Å². The van der Waals surface area contributed by atoms with Gasteiger partial charge in [0.15, 0.2) is 11.5 Å². The van der Waals surface area contributed by atoms with Crippen molar-refractivity contribution in [1.82, 2.24) is 24.8 Å². The first-order chi connectivity index (χ1) is 11.5. The topological polar surface area (TPSA) is 74.8 Å². The maximum absolute atomic E-state index is 12.9. The van der Waals surface area contributed by atoms with E-state index in [1.165, 1.54) is 0 Å². The van der Waals surface area contributed by atoms with E-state index in [2.05, 4.69) is 19.9 Å². The third kappa shape index (κ3) is 2.34. The molecule has 3 aromatic heterocycles. The van der Waals surface area contributed by atoms with Crippen molar-refractivity contribution in [3.05, 3.63) is 52.2 Å². The summed E-state index contributed by atoms with van der Waals surface area (Å²) < 4.78 is 0. The number of hydrogen-bond donors (Lipinski definition) is 1. The molecule has 0 radical (unpaired) electrons. The van der Waals surface area contributed by atoms with Gasteiger partial charge in [0, 0.05) is 24.9 Å². The van der Waals surface area contributed by atoms with Crippen LogP contribution in [0.1, 0.15) is 40.4 Å². The Bertz CT molecular complexity index is 951. The molecule has 1 N–H and O–H groups in total. The molecular weight excluding hydrogens is 326 g/mol. The van der Waals surface area contributed by atoms with E-state index >= 15 is 0 Å². The van der Waals surface area contributed by atoms with Crippen LogP contribution in [-0.4, -0.2) is 37.3 Å². The van der Waals surface area contributed by atoms with Crippen molar-refractivity contribution < 1.29 is 4.79 Å². The van der Waals surface area contributed by atoms with E-state index in [1.54, 1.807) is 12.3 Å². The van der Waals surface area contributed by atoms with Crippen LogP contribution in [0.5, 0.6) is 0 Å². The van der Waals surface area contributed by atoms with Gasteiger partial charge in [0.2, 0.25) is 0 Å². The quantitative estimate of drug-likeness (QED) is 0.690. The van der Waals surface area contributed by atoms with Gasteiger partial charge in [-0.2, -0.15) is 0 Å². The first kappa shape index (κ1) is 15.1. The van der Waals surface area contributed by atoms with E-state index in [1.807, 2.05) is 30.9 Å². The Morgan fingerprint density at radius 3 is 3.08 bits per heavy atom. The van der Waals surface area contributed by atoms with Crippen molar-refractivity contribution in [2.24, 2.45) is 0 Å². The van der Waals surface area contributed by atoms with E-state index < -0.39 is 0 Å². The second kappa shape index (κ2) is 5.56. The van der Waals surface area contributed by atoms with Crippen LogP contribution in [0.2, 0.25) is 5.15 Å². The predicted molar refractivity (Wildman–Crippen MR) is 91.0 cm³/mol. The van der Waals surface area contributed by atoms with Gasteiger partial charge in [0.05, 0.1) is 11.6 Å². The monoisotopic (exact) mass is 341 g/mol. The second-order valence-electron chi connectivity index (χ2n) is 6.01. The lowest BCUT2D eigenvalue weighted by atomic mass is 9.98. The third-order valence-corrected chi connectivity index (χ3v) is 4.72. The summed E-state index contributed by atoms with van der Waals surface area (Å²) in [6.07, 6.45) is 2.54. The van der Waals surface area contributed by atoms with Gasteiger partial charge < -0.3 is 9.88 Å². The van der Waals surface area contributed by atoms with Crippen LogP contribution in [-0.2, 0) is 6.42 Å². The molecule has 0 saturated carbocycles. The van der Waals surface area contributed by atoms with Gasteiger partial charge in [-0.15, -0.1) is 0 Å². The lowest BCUT2D eigenvalue weighted by Gasteiger charge is -2.34. The number of aryl methyl sites for hydroxylation is 1. The number of nitrogens with zero attached hydrogens (tertiary/aromatic N) is 4. The number of pyridine rings is 2. The van der Waals surface area contributed by atoms with E-state index in [0.717, 1.165) is 28.8 Å². The zero-order valence-corrected chi connectivity index (χ0v) is 14.1. The molecule has 4 rings (SSSR count). The highest BCUT2D eigenvalue weighted by Crippen LogP contribution is 2.29. The number of rotatable bonds is 1. The van der Waals surface area contributed by atoms with Crippen molar-refractivity contribution in [2.45, 2.75) is 26.3 Å². The molecule has 6 nitrogen and oxygen atoms in total. The average molecular weight is 342 g/mol. The fourth-order valence-corrected chi connectivity index (χ4v) is 3.49. The van der Waals surface area contributed by atoms with Gasteiger partial charge >= 0.3 is 0 Å². The number of hydrogen-bond acceptors (Lipinski definition) is 4. The minimum absolute atomic E-state index is 0.0409. The van der Waals surface area contributed by atoms with Gasteiger partial charge in [-0.1, -0.05) is 17.7 Å². The molecule has 0 saturated heterocycles. The number of aromatic nitrogens is 4. The summed E-state index contributed by atoms with van der Waals surface area (Å²) >= 11 is 5.97. The van der Waals surface area contributed by atoms with Crippen molar-refractivity contribution in [3.63, 3.8) is 0 Å². The Morgan fingerprint density at radius 2 is 2.25 bits per heavy atom. The summed E-state index contributed by atoms with van der Waals surface area (Å²) in [7, 11) is 0. The van der Waals surface area contributed by atoms with Crippen LogP contribution in [0, 0.1) is 6.92 Å². The number of imidazole rings is 1. The molecule has 0 unspecified atom stereocenters. The molecule has 24 heavy (non-hydrogen) atoms. The van der Waals surface area contributed by atoms with Crippen LogP contribution in [0.4, 0.5) is 0 Å². The molecule has 4 heterocycles. The number of amides is 1. The molecule has 0 fully saturated rings. The van der Waals surface area contributed by atoms with Gasteiger partial charge in [-0.25, -0.2) is 9.97 Å². The molecule has 1 aliphatic heterocycles. The first-order valence-corrected chi connectivity index (χ1v) is 8.20. The number of carbonyl (C=O) groups is 1. The largest absolute Gasteiger partial charge is 0.332 e. The molecule has 1 aliphatic rings. The highest BCUT2D eigenvalue weighted by Gasteiger charge is 2.30. The van der Waals surface area contributed by atoms with Crippen molar-refractivity contribution >= 4 is 28.7 Å². The maximum atomic E-state index is 12.9. The van der Waals surface area contributed by atoms with Crippen LogP contribution in [0.15, 0.2) is 24.4 Å².